The van der Waals surface area contributed by atoms with Gasteiger partial charge in [0.15, 0.2) is 0 Å². The van der Waals surface area contributed by atoms with Crippen LogP contribution in [-0.2, 0) is 0 Å². The van der Waals surface area contributed by atoms with Crippen molar-refractivity contribution in [2.24, 2.45) is 11.7 Å². The average molecular weight is 221 g/mol. The van der Waals surface area contributed by atoms with Crippen LogP contribution in [0.25, 0.3) is 0 Å². The minimum absolute atomic E-state index is 0.0745. The van der Waals surface area contributed by atoms with Crippen LogP contribution in [0.2, 0.25) is 0 Å². The van der Waals surface area contributed by atoms with Gasteiger partial charge in [-0.1, -0.05) is 32.4 Å². The predicted molar refractivity (Wildman–Crippen MR) is 68.7 cm³/mol. The molecule has 16 heavy (non-hydrogen) atoms. The van der Waals surface area contributed by atoms with Crippen molar-refractivity contribution < 1.29 is 4.74 Å². The molecule has 1 rings (SSSR count). The van der Waals surface area contributed by atoms with Gasteiger partial charge in [0.05, 0.1) is 7.11 Å². The maximum Gasteiger partial charge on any atom is 0.123 e. The van der Waals surface area contributed by atoms with Crippen molar-refractivity contribution in [1.29, 1.82) is 0 Å². The van der Waals surface area contributed by atoms with E-state index in [9.17, 15) is 0 Å². The smallest absolute Gasteiger partial charge is 0.123 e. The minimum Gasteiger partial charge on any atom is -0.496 e. The van der Waals surface area contributed by atoms with Gasteiger partial charge in [0, 0.05) is 11.6 Å². The standard InChI is InChI=1S/C14H23NO/c1-5-10(2)8-13(15)12-7-6-11(3)9-14(12)16-4/h6-7,9-10,13H,5,8,15H2,1-4H3. The second-order valence-corrected chi connectivity index (χ2v) is 4.60. The highest BCUT2D eigenvalue weighted by Gasteiger charge is 2.14. The van der Waals surface area contributed by atoms with E-state index in [1.165, 1.54) is 12.0 Å². The maximum absolute atomic E-state index is 6.22. The minimum atomic E-state index is 0.0745. The summed E-state index contributed by atoms with van der Waals surface area (Å²) in [5.74, 6) is 1.57. The highest BCUT2D eigenvalue weighted by atomic mass is 16.5. The summed E-state index contributed by atoms with van der Waals surface area (Å²) in [6.07, 6.45) is 2.18. The zero-order valence-electron chi connectivity index (χ0n) is 10.8. The Labute approximate surface area is 98.8 Å². The van der Waals surface area contributed by atoms with Gasteiger partial charge in [-0.25, -0.2) is 0 Å². The molecule has 2 unspecified atom stereocenters. The number of hydrogen-bond acceptors (Lipinski definition) is 2. The van der Waals surface area contributed by atoms with E-state index >= 15 is 0 Å². The van der Waals surface area contributed by atoms with E-state index in [4.69, 9.17) is 10.5 Å². The Hall–Kier alpha value is -1.02. The summed E-state index contributed by atoms with van der Waals surface area (Å²) in [4.78, 5) is 0. The zero-order valence-corrected chi connectivity index (χ0v) is 10.8. The number of aryl methyl sites for hydroxylation is 1. The maximum atomic E-state index is 6.22. The molecule has 0 aromatic heterocycles. The van der Waals surface area contributed by atoms with Crippen LogP contribution in [0.15, 0.2) is 18.2 Å². The van der Waals surface area contributed by atoms with Crippen molar-refractivity contribution in [3.63, 3.8) is 0 Å². The fraction of sp³-hybridized carbons (Fsp3) is 0.571. The van der Waals surface area contributed by atoms with Gasteiger partial charge < -0.3 is 10.5 Å². The lowest BCUT2D eigenvalue weighted by atomic mass is 9.94. The molecule has 0 heterocycles. The first kappa shape index (κ1) is 13.0. The first-order valence-corrected chi connectivity index (χ1v) is 5.98. The lowest BCUT2D eigenvalue weighted by Crippen LogP contribution is -2.14. The molecule has 2 N–H and O–H groups in total. The molecule has 0 bridgehead atoms. The van der Waals surface area contributed by atoms with Crippen LogP contribution < -0.4 is 10.5 Å². The topological polar surface area (TPSA) is 35.2 Å². The van der Waals surface area contributed by atoms with E-state index in [1.807, 2.05) is 6.07 Å². The molecule has 0 fully saturated rings. The van der Waals surface area contributed by atoms with Crippen molar-refractivity contribution >= 4 is 0 Å². The normalized spacial score (nSPS) is 14.6. The molecular weight excluding hydrogens is 198 g/mol. The molecule has 1 aromatic carbocycles. The summed E-state index contributed by atoms with van der Waals surface area (Å²) < 4.78 is 5.38. The SMILES string of the molecule is CCC(C)CC(N)c1ccc(C)cc1OC. The van der Waals surface area contributed by atoms with Crippen LogP contribution >= 0.6 is 0 Å². The highest BCUT2D eigenvalue weighted by molar-refractivity contribution is 5.39. The molecule has 2 heteroatoms. The number of hydrogen-bond donors (Lipinski definition) is 1. The van der Waals surface area contributed by atoms with Crippen molar-refractivity contribution in [1.82, 2.24) is 0 Å². The fourth-order valence-corrected chi connectivity index (χ4v) is 1.85. The van der Waals surface area contributed by atoms with Crippen LogP contribution in [0.1, 0.15) is 43.9 Å². The van der Waals surface area contributed by atoms with Crippen LogP contribution in [-0.4, -0.2) is 7.11 Å². The average Bonchev–Trinajstić information content (AvgIpc) is 2.28. The van der Waals surface area contributed by atoms with Gasteiger partial charge in [-0.15, -0.1) is 0 Å². The van der Waals surface area contributed by atoms with E-state index in [2.05, 4.69) is 32.9 Å². The van der Waals surface area contributed by atoms with Gasteiger partial charge >= 0.3 is 0 Å². The van der Waals surface area contributed by atoms with Gasteiger partial charge in [-0.3, -0.25) is 0 Å². The van der Waals surface area contributed by atoms with Gasteiger partial charge in [0.1, 0.15) is 5.75 Å². The Morgan fingerprint density at radius 1 is 1.38 bits per heavy atom. The quantitative estimate of drug-likeness (QED) is 0.826. The van der Waals surface area contributed by atoms with Crippen molar-refractivity contribution in [2.75, 3.05) is 7.11 Å². The number of nitrogens with two attached hydrogens (primary N) is 1. The molecule has 0 aliphatic heterocycles. The van der Waals surface area contributed by atoms with E-state index in [0.717, 1.165) is 17.7 Å². The van der Waals surface area contributed by atoms with Gasteiger partial charge in [-0.05, 0) is 30.9 Å². The molecule has 0 aliphatic rings. The Morgan fingerprint density at radius 2 is 2.06 bits per heavy atom. The van der Waals surface area contributed by atoms with Crippen molar-refractivity contribution in [3.05, 3.63) is 29.3 Å². The molecule has 2 nitrogen and oxygen atoms in total. The summed E-state index contributed by atoms with van der Waals surface area (Å²) in [7, 11) is 1.70. The third-order valence-electron chi connectivity index (χ3n) is 3.14. The van der Waals surface area contributed by atoms with Gasteiger partial charge in [-0.2, -0.15) is 0 Å². The lowest BCUT2D eigenvalue weighted by Gasteiger charge is -2.19. The number of methoxy groups -OCH3 is 1. The van der Waals surface area contributed by atoms with E-state index in [0.29, 0.717) is 5.92 Å². The van der Waals surface area contributed by atoms with E-state index < -0.39 is 0 Å². The van der Waals surface area contributed by atoms with Crippen LogP contribution in [0.4, 0.5) is 0 Å². The third kappa shape index (κ3) is 3.24. The molecule has 0 radical (unpaired) electrons. The predicted octanol–water partition coefficient (Wildman–Crippen LogP) is 3.44. The van der Waals surface area contributed by atoms with Crippen LogP contribution in [0, 0.1) is 12.8 Å². The summed E-state index contributed by atoms with van der Waals surface area (Å²) in [6.45, 7) is 6.50. The Balaban J connectivity index is 2.85. The molecule has 0 spiro atoms. The summed E-state index contributed by atoms with van der Waals surface area (Å²) in [5.41, 5.74) is 8.54. The second kappa shape index (κ2) is 5.90. The van der Waals surface area contributed by atoms with Gasteiger partial charge in [0.25, 0.3) is 0 Å². The molecule has 90 valence electrons. The number of benzene rings is 1. The molecular formula is C14H23NO. The lowest BCUT2D eigenvalue weighted by molar-refractivity contribution is 0.395. The largest absolute Gasteiger partial charge is 0.496 e. The Morgan fingerprint density at radius 3 is 2.62 bits per heavy atom. The molecule has 0 amide bonds. The van der Waals surface area contributed by atoms with Crippen LogP contribution in [0.3, 0.4) is 0 Å². The first-order chi connectivity index (χ1) is 7.58. The molecule has 0 aliphatic carbocycles. The Kier molecular flexibility index (Phi) is 4.81. The van der Waals surface area contributed by atoms with Crippen LogP contribution in [0.5, 0.6) is 5.75 Å². The summed E-state index contributed by atoms with van der Waals surface area (Å²) in [5, 5.41) is 0. The summed E-state index contributed by atoms with van der Waals surface area (Å²) >= 11 is 0. The molecule has 0 saturated heterocycles. The number of rotatable bonds is 5. The zero-order chi connectivity index (χ0) is 12.1. The monoisotopic (exact) mass is 221 g/mol. The van der Waals surface area contributed by atoms with Crippen molar-refractivity contribution in [2.45, 2.75) is 39.7 Å². The molecule has 1 aromatic rings. The second-order valence-electron chi connectivity index (χ2n) is 4.60. The third-order valence-corrected chi connectivity index (χ3v) is 3.14. The van der Waals surface area contributed by atoms with Crippen molar-refractivity contribution in [3.8, 4) is 5.75 Å². The highest BCUT2D eigenvalue weighted by Crippen LogP contribution is 2.29. The van der Waals surface area contributed by atoms with Gasteiger partial charge in [0.2, 0.25) is 0 Å². The molecule has 0 saturated carbocycles. The summed E-state index contributed by atoms with van der Waals surface area (Å²) in [6, 6.07) is 6.30. The van der Waals surface area contributed by atoms with E-state index in [-0.39, 0.29) is 6.04 Å². The Bertz CT molecular complexity index is 336. The molecule has 2 atom stereocenters. The fourth-order valence-electron chi connectivity index (χ4n) is 1.85. The number of ether oxygens (including phenoxy) is 1. The van der Waals surface area contributed by atoms with E-state index in [1.54, 1.807) is 7.11 Å². The first-order valence-electron chi connectivity index (χ1n) is 5.98.